The number of amides is 4. The summed E-state index contributed by atoms with van der Waals surface area (Å²) in [6, 6.07) is 6.50. The van der Waals surface area contributed by atoms with Crippen LogP contribution in [0.2, 0.25) is 0 Å². The number of hydrogen-bond donors (Lipinski definition) is 4. The topological polar surface area (TPSA) is 190 Å². The number of urea groups is 1. The SMILES string of the molecule is C/C(N)=C/C1CCOC(C)C1.C=C1C=CC(=O)N1c1ccc(C(=O)NCCOCCOCCOCCOCCOCCNC(=O)NCCOCCOCCCCC)cc1. The van der Waals surface area contributed by atoms with Gasteiger partial charge in [0.2, 0.25) is 0 Å². The summed E-state index contributed by atoms with van der Waals surface area (Å²) in [7, 11) is 0. The lowest BCUT2D eigenvalue weighted by molar-refractivity contribution is -0.113. The van der Waals surface area contributed by atoms with Crippen molar-refractivity contribution >= 4 is 23.5 Å². The van der Waals surface area contributed by atoms with E-state index in [1.165, 1.54) is 23.8 Å². The van der Waals surface area contributed by atoms with E-state index in [0.29, 0.717) is 134 Å². The van der Waals surface area contributed by atoms with E-state index in [-0.39, 0.29) is 17.8 Å². The summed E-state index contributed by atoms with van der Waals surface area (Å²) in [6.07, 6.45) is 11.4. The highest BCUT2D eigenvalue weighted by Crippen LogP contribution is 2.24. The third-order valence-electron chi connectivity index (χ3n) is 8.69. The van der Waals surface area contributed by atoms with Crippen LogP contribution in [0.25, 0.3) is 0 Å². The highest BCUT2D eigenvalue weighted by molar-refractivity contribution is 6.08. The van der Waals surface area contributed by atoms with Crippen molar-refractivity contribution in [1.82, 2.24) is 16.0 Å². The van der Waals surface area contributed by atoms with E-state index in [0.717, 1.165) is 38.2 Å². The second-order valence-electron chi connectivity index (χ2n) is 13.9. The quantitative estimate of drug-likeness (QED) is 0.0786. The summed E-state index contributed by atoms with van der Waals surface area (Å²) in [4.78, 5) is 37.4. The lowest BCUT2D eigenvalue weighted by atomic mass is 9.95. The van der Waals surface area contributed by atoms with Gasteiger partial charge in [-0.05, 0) is 69.4 Å². The second kappa shape index (κ2) is 33.9. The van der Waals surface area contributed by atoms with Crippen LogP contribution in [0.3, 0.4) is 0 Å². The summed E-state index contributed by atoms with van der Waals surface area (Å²) in [5, 5.41) is 8.25. The second-order valence-corrected chi connectivity index (χ2v) is 13.9. The highest BCUT2D eigenvalue weighted by Gasteiger charge is 2.21. The molecule has 2 unspecified atom stereocenters. The Labute approximate surface area is 351 Å². The number of benzene rings is 1. The summed E-state index contributed by atoms with van der Waals surface area (Å²) < 4.78 is 43.6. The van der Waals surface area contributed by atoms with E-state index in [4.69, 9.17) is 43.6 Å². The van der Waals surface area contributed by atoms with Crippen LogP contribution in [-0.4, -0.2) is 143 Å². The fourth-order valence-corrected chi connectivity index (χ4v) is 5.70. The number of nitrogens with one attached hydrogen (secondary N) is 3. The normalized spacial score (nSPS) is 16.5. The molecule has 4 amide bonds. The van der Waals surface area contributed by atoms with Crippen LogP contribution < -0.4 is 26.6 Å². The Balaban J connectivity index is 0.000000937. The molecule has 0 spiro atoms. The van der Waals surface area contributed by atoms with Crippen molar-refractivity contribution in [2.24, 2.45) is 11.7 Å². The average Bonchev–Trinajstić information content (AvgIpc) is 3.56. The van der Waals surface area contributed by atoms with Gasteiger partial charge in [-0.2, -0.15) is 0 Å². The number of nitrogens with two attached hydrogens (primary N) is 1. The summed E-state index contributed by atoms with van der Waals surface area (Å²) in [6.45, 7) is 18.6. The Kier molecular flexibility index (Phi) is 29.5. The molecule has 3 rings (SSSR count). The number of carbonyl (C=O) groups is 3. The first-order valence-electron chi connectivity index (χ1n) is 20.9. The zero-order valence-corrected chi connectivity index (χ0v) is 35.7. The van der Waals surface area contributed by atoms with Crippen LogP contribution >= 0.6 is 0 Å². The molecule has 5 N–H and O–H groups in total. The van der Waals surface area contributed by atoms with Gasteiger partial charge in [0.1, 0.15) is 0 Å². The zero-order valence-electron chi connectivity index (χ0n) is 35.7. The van der Waals surface area contributed by atoms with Crippen molar-refractivity contribution in [2.75, 3.05) is 124 Å². The summed E-state index contributed by atoms with van der Waals surface area (Å²) in [5.41, 5.74) is 8.26. The van der Waals surface area contributed by atoms with E-state index in [1.807, 2.05) is 6.92 Å². The third-order valence-corrected chi connectivity index (χ3v) is 8.69. The summed E-state index contributed by atoms with van der Waals surface area (Å²) in [5.74, 6) is 0.262. The van der Waals surface area contributed by atoms with Crippen molar-refractivity contribution in [1.29, 1.82) is 0 Å². The van der Waals surface area contributed by atoms with E-state index < -0.39 is 0 Å². The molecule has 2 aliphatic rings. The van der Waals surface area contributed by atoms with Gasteiger partial charge in [0.05, 0.1) is 92.0 Å². The fraction of sp³-hybridized carbons (Fsp3) is 0.651. The summed E-state index contributed by atoms with van der Waals surface area (Å²) >= 11 is 0. The number of nitrogens with zero attached hydrogens (tertiary/aromatic N) is 1. The molecule has 59 heavy (non-hydrogen) atoms. The molecule has 1 saturated heterocycles. The minimum atomic E-state index is -0.257. The molecular weight excluding hydrogens is 762 g/mol. The molecule has 1 fully saturated rings. The molecule has 2 atom stereocenters. The number of unbranched alkanes of at least 4 members (excludes halogenated alkanes) is 2. The molecule has 0 aromatic heterocycles. The van der Waals surface area contributed by atoms with Gasteiger partial charge in [0.15, 0.2) is 0 Å². The lowest BCUT2D eigenvalue weighted by Crippen LogP contribution is -2.39. The van der Waals surface area contributed by atoms with Gasteiger partial charge >= 0.3 is 6.03 Å². The maximum Gasteiger partial charge on any atom is 0.314 e. The molecule has 2 heterocycles. The van der Waals surface area contributed by atoms with Crippen LogP contribution in [-0.2, 0) is 42.7 Å². The van der Waals surface area contributed by atoms with Crippen LogP contribution in [0, 0.1) is 5.92 Å². The first kappa shape index (κ1) is 51.3. The van der Waals surface area contributed by atoms with Crippen LogP contribution in [0.4, 0.5) is 10.5 Å². The molecule has 0 aliphatic carbocycles. The van der Waals surface area contributed by atoms with Gasteiger partial charge in [-0.15, -0.1) is 0 Å². The smallest absolute Gasteiger partial charge is 0.314 e. The Bertz CT molecular complexity index is 1340. The monoisotopic (exact) mass is 834 g/mol. The van der Waals surface area contributed by atoms with Crippen LogP contribution in [0.15, 0.2) is 60.5 Å². The Morgan fingerprint density at radius 3 is 1.71 bits per heavy atom. The first-order valence-corrected chi connectivity index (χ1v) is 20.9. The van der Waals surface area contributed by atoms with Gasteiger partial charge in [-0.25, -0.2) is 4.79 Å². The Morgan fingerprint density at radius 1 is 0.763 bits per heavy atom. The largest absolute Gasteiger partial charge is 0.403 e. The lowest BCUT2D eigenvalue weighted by Gasteiger charge is -2.25. The van der Waals surface area contributed by atoms with Crippen LogP contribution in [0.1, 0.15) is 63.2 Å². The Hall–Kier alpha value is -3.87. The van der Waals surface area contributed by atoms with Gasteiger partial charge < -0.3 is 59.6 Å². The highest BCUT2D eigenvalue weighted by atomic mass is 16.6. The average molecular weight is 834 g/mol. The fourth-order valence-electron chi connectivity index (χ4n) is 5.70. The predicted molar refractivity (Wildman–Crippen MR) is 227 cm³/mol. The minimum absolute atomic E-state index is 0.159. The molecule has 16 heteroatoms. The number of ether oxygens (including phenoxy) is 8. The first-order chi connectivity index (χ1) is 28.7. The predicted octanol–water partition coefficient (Wildman–Crippen LogP) is 4.10. The van der Waals surface area contributed by atoms with Gasteiger partial charge in [-0.1, -0.05) is 32.4 Å². The van der Waals surface area contributed by atoms with E-state index in [9.17, 15) is 14.4 Å². The number of anilines is 1. The number of carbonyl (C=O) groups excluding carboxylic acids is 3. The number of rotatable bonds is 31. The maximum absolute atomic E-state index is 12.3. The molecular formula is C43H71N5O11. The Morgan fingerprint density at radius 2 is 1.25 bits per heavy atom. The molecule has 1 aromatic rings. The standard InChI is InChI=1S/C34H54N4O10.C9H17NO/c1-3-4-5-15-42-19-20-44-17-13-36-34(41)37-14-18-45-22-24-47-26-28-48-27-25-46-23-21-43-16-12-35-33(40)30-7-9-31(10-8-30)38-29(2)6-11-32(38)39;1-7(10)5-9-3-4-11-8(2)6-9/h6-11H,2-5,12-28H2,1H3,(H,35,40)(H2,36,37,41);5,8-9H,3-4,6,10H2,1-2H3/b;7-5-. The van der Waals surface area contributed by atoms with Gasteiger partial charge in [-0.3, -0.25) is 14.5 Å². The molecule has 0 bridgehead atoms. The van der Waals surface area contributed by atoms with Crippen molar-refractivity contribution in [3.63, 3.8) is 0 Å². The molecule has 0 saturated carbocycles. The minimum Gasteiger partial charge on any atom is -0.403 e. The van der Waals surface area contributed by atoms with E-state index in [2.05, 4.69) is 42.5 Å². The molecule has 16 nitrogen and oxygen atoms in total. The van der Waals surface area contributed by atoms with Crippen molar-refractivity contribution in [3.8, 4) is 0 Å². The molecule has 334 valence electrons. The molecule has 1 aromatic carbocycles. The van der Waals surface area contributed by atoms with E-state index in [1.54, 1.807) is 30.3 Å². The van der Waals surface area contributed by atoms with Crippen molar-refractivity contribution in [3.05, 3.63) is 66.0 Å². The molecule has 0 radical (unpaired) electrons. The van der Waals surface area contributed by atoms with E-state index >= 15 is 0 Å². The van der Waals surface area contributed by atoms with Crippen molar-refractivity contribution in [2.45, 2.75) is 59.0 Å². The molecule has 2 aliphatic heterocycles. The third kappa shape index (κ3) is 26.1. The van der Waals surface area contributed by atoms with Gasteiger partial charge in [0.25, 0.3) is 11.8 Å². The van der Waals surface area contributed by atoms with Crippen molar-refractivity contribution < 1.29 is 52.3 Å². The van der Waals surface area contributed by atoms with Crippen LogP contribution in [0.5, 0.6) is 0 Å². The van der Waals surface area contributed by atoms with Gasteiger partial charge in [0, 0.05) is 61.6 Å². The maximum atomic E-state index is 12.3. The zero-order chi connectivity index (χ0) is 42.8. The number of allylic oxidation sites excluding steroid dienone is 3. The number of hydrogen-bond acceptors (Lipinski definition) is 12.